The highest BCUT2D eigenvalue weighted by Crippen LogP contribution is 2.48. The van der Waals surface area contributed by atoms with E-state index in [-0.39, 0.29) is 24.4 Å². The molecule has 9 nitrogen and oxygen atoms in total. The third-order valence-corrected chi connectivity index (χ3v) is 9.12. The largest absolute Gasteiger partial charge is 0.345 e. The van der Waals surface area contributed by atoms with Crippen LogP contribution in [0.15, 0.2) is 47.5 Å². The van der Waals surface area contributed by atoms with E-state index in [1.165, 1.54) is 0 Å². The number of carbonyl (C=O) groups is 2. The van der Waals surface area contributed by atoms with Crippen LogP contribution in [0.3, 0.4) is 0 Å². The number of carbonyl (C=O) groups excluding carboxylic acids is 2. The number of tetrazole rings is 1. The lowest BCUT2D eigenvalue weighted by Crippen LogP contribution is -2.51. The molecule has 1 aromatic heterocycles. The number of aliphatic imine (C=N–C) groups is 1. The summed E-state index contributed by atoms with van der Waals surface area (Å²) >= 11 is 12.5. The molecule has 2 amide bonds. The average Bonchev–Trinajstić information content (AvgIpc) is 3.59. The Morgan fingerprint density at radius 3 is 2.46 bits per heavy atom. The van der Waals surface area contributed by atoms with Crippen molar-refractivity contribution in [3.63, 3.8) is 0 Å². The van der Waals surface area contributed by atoms with E-state index in [2.05, 4.69) is 46.7 Å². The molecular weight excluding hydrogens is 561 g/mol. The van der Waals surface area contributed by atoms with Gasteiger partial charge in [0.25, 0.3) is 11.8 Å². The molecule has 5 rings (SSSR count). The molecule has 1 spiro atoms. The number of rotatable bonds is 9. The molecule has 1 fully saturated rings. The Labute approximate surface area is 250 Å². The molecule has 3 aromatic rings. The molecule has 0 unspecified atom stereocenters. The van der Waals surface area contributed by atoms with Crippen molar-refractivity contribution in [1.29, 1.82) is 0 Å². The van der Waals surface area contributed by atoms with E-state index >= 15 is 0 Å². The number of aromatic amines is 1. The fraction of sp³-hybridized carbons (Fsp3) is 0.467. The van der Waals surface area contributed by atoms with Gasteiger partial charge in [0.2, 0.25) is 0 Å². The molecule has 1 aliphatic carbocycles. The number of amides is 2. The Kier molecular flexibility index (Phi) is 8.75. The van der Waals surface area contributed by atoms with Crippen LogP contribution in [-0.4, -0.2) is 48.7 Å². The van der Waals surface area contributed by atoms with Crippen molar-refractivity contribution < 1.29 is 9.59 Å². The second-order valence-electron chi connectivity index (χ2n) is 11.3. The number of benzene rings is 2. The first-order chi connectivity index (χ1) is 19.7. The zero-order valence-electron chi connectivity index (χ0n) is 23.5. The minimum Gasteiger partial charge on any atom is -0.345 e. The van der Waals surface area contributed by atoms with Gasteiger partial charge in [-0.05, 0) is 73.8 Å². The standard InChI is InChI=1S/C30H35Cl2N7O2/c1-4-5-25(20-6-8-21(9-7-20)28(40)33-17-26-35-37-38-36-26)39-29(41)27(22-10-11-23(31)24(32)16-22)34-30(39)14-12-19(13-15-30)18(2)3/h6-11,16,18-19,25H,4-5,12-15,17H2,1-3H3,(H,33,40)(H,35,36,37,38)/t19?,25-,30?/m1/s1. The van der Waals surface area contributed by atoms with Crippen molar-refractivity contribution in [3.8, 4) is 0 Å². The molecule has 1 aliphatic heterocycles. The Balaban J connectivity index is 1.45. The van der Waals surface area contributed by atoms with E-state index in [4.69, 9.17) is 28.2 Å². The van der Waals surface area contributed by atoms with Crippen LogP contribution in [-0.2, 0) is 11.3 Å². The Hall–Kier alpha value is -3.30. The maximum absolute atomic E-state index is 14.3. The summed E-state index contributed by atoms with van der Waals surface area (Å²) in [5, 5.41) is 17.2. The maximum atomic E-state index is 14.3. The zero-order chi connectivity index (χ0) is 29.1. The highest BCUT2D eigenvalue weighted by atomic mass is 35.5. The first-order valence-electron chi connectivity index (χ1n) is 14.2. The van der Waals surface area contributed by atoms with Crippen LogP contribution in [0.4, 0.5) is 0 Å². The zero-order valence-corrected chi connectivity index (χ0v) is 25.0. The van der Waals surface area contributed by atoms with E-state index in [0.29, 0.717) is 44.5 Å². The number of nitrogens with one attached hydrogen (secondary N) is 2. The molecule has 41 heavy (non-hydrogen) atoms. The Morgan fingerprint density at radius 1 is 1.12 bits per heavy atom. The van der Waals surface area contributed by atoms with Crippen molar-refractivity contribution in [1.82, 2.24) is 30.8 Å². The summed E-state index contributed by atoms with van der Waals surface area (Å²) < 4.78 is 0. The molecule has 0 bridgehead atoms. The molecule has 216 valence electrons. The van der Waals surface area contributed by atoms with Crippen LogP contribution >= 0.6 is 23.2 Å². The predicted molar refractivity (Wildman–Crippen MR) is 159 cm³/mol. The van der Waals surface area contributed by atoms with Gasteiger partial charge in [-0.2, -0.15) is 5.21 Å². The highest BCUT2D eigenvalue weighted by Gasteiger charge is 2.51. The summed E-state index contributed by atoms with van der Waals surface area (Å²) in [5.74, 6) is 1.27. The molecule has 1 saturated carbocycles. The average molecular weight is 597 g/mol. The fourth-order valence-electron chi connectivity index (χ4n) is 6.09. The second-order valence-corrected chi connectivity index (χ2v) is 12.1. The molecule has 2 heterocycles. The van der Waals surface area contributed by atoms with Crippen molar-refractivity contribution in [2.24, 2.45) is 16.8 Å². The molecule has 2 aromatic carbocycles. The summed E-state index contributed by atoms with van der Waals surface area (Å²) in [6.45, 7) is 6.83. The minimum atomic E-state index is -0.621. The van der Waals surface area contributed by atoms with Gasteiger partial charge in [-0.1, -0.05) is 73.8 Å². The highest BCUT2D eigenvalue weighted by molar-refractivity contribution is 6.48. The summed E-state index contributed by atoms with van der Waals surface area (Å²) in [7, 11) is 0. The molecule has 0 saturated heterocycles. The third kappa shape index (κ3) is 6.02. The molecule has 2 N–H and O–H groups in total. The third-order valence-electron chi connectivity index (χ3n) is 8.38. The lowest BCUT2D eigenvalue weighted by molar-refractivity contribution is -0.133. The Morgan fingerprint density at radius 2 is 1.85 bits per heavy atom. The Bertz CT molecular complexity index is 1420. The van der Waals surface area contributed by atoms with Crippen LogP contribution in [0.2, 0.25) is 10.0 Å². The fourth-order valence-corrected chi connectivity index (χ4v) is 6.39. The molecule has 0 radical (unpaired) electrons. The first kappa shape index (κ1) is 29.2. The van der Waals surface area contributed by atoms with Gasteiger partial charge in [-0.3, -0.25) is 14.6 Å². The monoisotopic (exact) mass is 595 g/mol. The van der Waals surface area contributed by atoms with Crippen LogP contribution in [0.1, 0.15) is 92.6 Å². The van der Waals surface area contributed by atoms with Crippen LogP contribution < -0.4 is 5.32 Å². The van der Waals surface area contributed by atoms with Gasteiger partial charge >= 0.3 is 0 Å². The SMILES string of the molecule is CCC[C@H](c1ccc(C(=O)NCc2nn[nH]n2)cc1)N1C(=O)C(c2ccc(Cl)c(Cl)c2)=NC12CCC(C(C)C)CC2. The van der Waals surface area contributed by atoms with Crippen LogP contribution in [0.5, 0.6) is 0 Å². The lowest BCUT2D eigenvalue weighted by Gasteiger charge is -2.46. The predicted octanol–water partition coefficient (Wildman–Crippen LogP) is 6.15. The van der Waals surface area contributed by atoms with Gasteiger partial charge in [-0.15, -0.1) is 10.2 Å². The summed E-state index contributed by atoms with van der Waals surface area (Å²) in [6.07, 6.45) is 5.30. The summed E-state index contributed by atoms with van der Waals surface area (Å²) in [5.41, 5.74) is 1.99. The van der Waals surface area contributed by atoms with Crippen LogP contribution in [0, 0.1) is 11.8 Å². The number of H-pyrrole nitrogens is 1. The normalized spacial score (nSPS) is 21.4. The number of halogens is 2. The van der Waals surface area contributed by atoms with E-state index in [1.54, 1.807) is 24.3 Å². The molecule has 11 heteroatoms. The number of nitrogens with zero attached hydrogens (tertiary/aromatic N) is 5. The van der Waals surface area contributed by atoms with E-state index in [9.17, 15) is 9.59 Å². The first-order valence-corrected chi connectivity index (χ1v) is 15.0. The summed E-state index contributed by atoms with van der Waals surface area (Å²) in [4.78, 5) is 34.3. The van der Waals surface area contributed by atoms with Crippen LogP contribution in [0.25, 0.3) is 0 Å². The second kappa shape index (κ2) is 12.3. The van der Waals surface area contributed by atoms with Gasteiger partial charge in [0.1, 0.15) is 11.4 Å². The summed E-state index contributed by atoms with van der Waals surface area (Å²) in [6, 6.07) is 12.6. The van der Waals surface area contributed by atoms with Gasteiger partial charge < -0.3 is 10.2 Å². The van der Waals surface area contributed by atoms with Crippen molar-refractivity contribution >= 4 is 40.7 Å². The number of aromatic nitrogens is 4. The van der Waals surface area contributed by atoms with E-state index in [1.807, 2.05) is 23.1 Å². The maximum Gasteiger partial charge on any atom is 0.275 e. The van der Waals surface area contributed by atoms with Crippen molar-refractivity contribution in [2.45, 2.75) is 77.5 Å². The van der Waals surface area contributed by atoms with E-state index in [0.717, 1.165) is 44.1 Å². The van der Waals surface area contributed by atoms with Gasteiger partial charge in [0.15, 0.2) is 5.82 Å². The molecule has 2 aliphatic rings. The van der Waals surface area contributed by atoms with Gasteiger partial charge in [-0.25, -0.2) is 0 Å². The van der Waals surface area contributed by atoms with E-state index < -0.39 is 5.66 Å². The van der Waals surface area contributed by atoms with Crippen molar-refractivity contribution in [2.75, 3.05) is 0 Å². The van der Waals surface area contributed by atoms with Crippen molar-refractivity contribution in [3.05, 3.63) is 75.0 Å². The molecular formula is C30H35Cl2N7O2. The van der Waals surface area contributed by atoms with Gasteiger partial charge in [0, 0.05) is 11.1 Å². The smallest absolute Gasteiger partial charge is 0.275 e. The van der Waals surface area contributed by atoms with Gasteiger partial charge in [0.05, 0.1) is 22.6 Å². The topological polar surface area (TPSA) is 116 Å². The molecule has 1 atom stereocenters. The minimum absolute atomic E-state index is 0.0910. The lowest BCUT2D eigenvalue weighted by atomic mass is 9.76. The number of hydrogen-bond donors (Lipinski definition) is 2. The quantitative estimate of drug-likeness (QED) is 0.307. The number of hydrogen-bond acceptors (Lipinski definition) is 6.